The molecule has 17 heavy (non-hydrogen) atoms. The summed E-state index contributed by atoms with van der Waals surface area (Å²) in [4.78, 5) is 0. The van der Waals surface area contributed by atoms with E-state index in [1.807, 2.05) is 6.92 Å². The predicted octanol–water partition coefficient (Wildman–Crippen LogP) is 3.34. The van der Waals surface area contributed by atoms with Gasteiger partial charge in [-0.2, -0.15) is 0 Å². The molecule has 1 saturated heterocycles. The highest BCUT2D eigenvalue weighted by atomic mass is 35.5. The third kappa shape index (κ3) is 3.14. The molecule has 0 spiro atoms. The lowest BCUT2D eigenvalue weighted by atomic mass is 10.00. The van der Waals surface area contributed by atoms with Gasteiger partial charge < -0.3 is 10.1 Å². The van der Waals surface area contributed by atoms with Crippen molar-refractivity contribution in [3.63, 3.8) is 0 Å². The van der Waals surface area contributed by atoms with Gasteiger partial charge >= 0.3 is 0 Å². The molecule has 2 nitrogen and oxygen atoms in total. The molecular formula is C14H20ClNO. The van der Waals surface area contributed by atoms with E-state index < -0.39 is 0 Å². The van der Waals surface area contributed by atoms with E-state index in [9.17, 15) is 0 Å². The number of rotatable bonds is 4. The van der Waals surface area contributed by atoms with Gasteiger partial charge in [0.1, 0.15) is 5.75 Å². The molecule has 0 radical (unpaired) electrons. The third-order valence-corrected chi connectivity index (χ3v) is 3.61. The monoisotopic (exact) mass is 253 g/mol. The Morgan fingerprint density at radius 2 is 2.29 bits per heavy atom. The molecule has 94 valence electrons. The maximum absolute atomic E-state index is 6.22. The standard InChI is InChI=1S/C14H20ClNO/c1-3-17-14-7-10(2)11(9-13(14)15)8-12-5-4-6-16-12/h7,9,12,16H,3-6,8H2,1-2H3. The largest absolute Gasteiger partial charge is 0.492 e. The Kier molecular flexibility index (Phi) is 4.30. The summed E-state index contributed by atoms with van der Waals surface area (Å²) < 4.78 is 5.49. The van der Waals surface area contributed by atoms with Crippen LogP contribution >= 0.6 is 11.6 Å². The summed E-state index contributed by atoms with van der Waals surface area (Å²) in [6.07, 6.45) is 3.62. The molecule has 0 saturated carbocycles. The fourth-order valence-electron chi connectivity index (χ4n) is 2.38. The molecule has 1 aliphatic heterocycles. The smallest absolute Gasteiger partial charge is 0.138 e. The summed E-state index contributed by atoms with van der Waals surface area (Å²) in [5.41, 5.74) is 2.60. The Morgan fingerprint density at radius 3 is 2.94 bits per heavy atom. The van der Waals surface area contributed by atoms with E-state index in [2.05, 4.69) is 24.4 Å². The molecule has 1 aromatic carbocycles. The number of nitrogens with one attached hydrogen (secondary N) is 1. The average Bonchev–Trinajstić information content (AvgIpc) is 2.78. The summed E-state index contributed by atoms with van der Waals surface area (Å²) in [6.45, 7) is 5.91. The zero-order chi connectivity index (χ0) is 12.3. The van der Waals surface area contributed by atoms with Crippen molar-refractivity contribution in [2.75, 3.05) is 13.2 Å². The summed E-state index contributed by atoms with van der Waals surface area (Å²) in [5, 5.41) is 4.24. The molecule has 1 unspecified atom stereocenters. The van der Waals surface area contributed by atoms with Gasteiger partial charge in [0, 0.05) is 6.04 Å². The summed E-state index contributed by atoms with van der Waals surface area (Å²) in [6, 6.07) is 4.72. The minimum Gasteiger partial charge on any atom is -0.492 e. The molecule has 0 amide bonds. The van der Waals surface area contributed by atoms with E-state index in [0.29, 0.717) is 12.6 Å². The zero-order valence-corrected chi connectivity index (χ0v) is 11.3. The summed E-state index contributed by atoms with van der Waals surface area (Å²) >= 11 is 6.22. The molecule has 0 aliphatic carbocycles. The van der Waals surface area contributed by atoms with Crippen molar-refractivity contribution in [3.8, 4) is 5.75 Å². The van der Waals surface area contributed by atoms with E-state index in [0.717, 1.165) is 23.7 Å². The Bertz CT molecular complexity index is 386. The number of hydrogen-bond donors (Lipinski definition) is 1. The van der Waals surface area contributed by atoms with Gasteiger partial charge in [0.15, 0.2) is 0 Å². The normalized spacial score (nSPS) is 19.6. The van der Waals surface area contributed by atoms with Crippen LogP contribution in [0.15, 0.2) is 12.1 Å². The van der Waals surface area contributed by atoms with Crippen LogP contribution < -0.4 is 10.1 Å². The van der Waals surface area contributed by atoms with Crippen molar-refractivity contribution in [2.45, 2.75) is 39.2 Å². The van der Waals surface area contributed by atoms with Crippen LogP contribution in [-0.2, 0) is 6.42 Å². The van der Waals surface area contributed by atoms with E-state index in [1.54, 1.807) is 0 Å². The fraction of sp³-hybridized carbons (Fsp3) is 0.571. The van der Waals surface area contributed by atoms with Crippen LogP contribution in [0, 0.1) is 6.92 Å². The van der Waals surface area contributed by atoms with Gasteiger partial charge in [0.25, 0.3) is 0 Å². The van der Waals surface area contributed by atoms with Gasteiger partial charge in [-0.3, -0.25) is 0 Å². The topological polar surface area (TPSA) is 21.3 Å². The van der Waals surface area contributed by atoms with Crippen molar-refractivity contribution in [2.24, 2.45) is 0 Å². The minimum absolute atomic E-state index is 0.614. The van der Waals surface area contributed by atoms with Crippen LogP contribution in [0.25, 0.3) is 0 Å². The molecule has 3 heteroatoms. The Labute approximate surface area is 108 Å². The minimum atomic E-state index is 0.614. The van der Waals surface area contributed by atoms with Crippen molar-refractivity contribution >= 4 is 11.6 Å². The van der Waals surface area contributed by atoms with Crippen molar-refractivity contribution < 1.29 is 4.74 Å². The first-order valence-corrected chi connectivity index (χ1v) is 6.73. The number of halogens is 1. The molecule has 0 aromatic heterocycles. The molecule has 1 N–H and O–H groups in total. The van der Waals surface area contributed by atoms with E-state index in [4.69, 9.17) is 16.3 Å². The number of aryl methyl sites for hydroxylation is 1. The maximum Gasteiger partial charge on any atom is 0.138 e. The molecular weight excluding hydrogens is 234 g/mol. The average molecular weight is 254 g/mol. The van der Waals surface area contributed by atoms with Gasteiger partial charge in [-0.25, -0.2) is 0 Å². The van der Waals surface area contributed by atoms with Gasteiger partial charge in [-0.15, -0.1) is 0 Å². The highest BCUT2D eigenvalue weighted by molar-refractivity contribution is 6.32. The van der Waals surface area contributed by atoms with Crippen LogP contribution in [0.2, 0.25) is 5.02 Å². The third-order valence-electron chi connectivity index (χ3n) is 3.32. The second-order valence-corrected chi connectivity index (χ2v) is 5.05. The molecule has 1 atom stereocenters. The highest BCUT2D eigenvalue weighted by Crippen LogP contribution is 2.29. The number of ether oxygens (including phenoxy) is 1. The SMILES string of the molecule is CCOc1cc(C)c(CC2CCCN2)cc1Cl. The number of benzene rings is 1. The molecule has 0 bridgehead atoms. The fourth-order valence-corrected chi connectivity index (χ4v) is 2.62. The van der Waals surface area contributed by atoms with Crippen LogP contribution in [-0.4, -0.2) is 19.2 Å². The lowest BCUT2D eigenvalue weighted by Crippen LogP contribution is -2.24. The second-order valence-electron chi connectivity index (χ2n) is 4.64. The molecule has 1 fully saturated rings. The number of hydrogen-bond acceptors (Lipinski definition) is 2. The van der Waals surface area contributed by atoms with Gasteiger partial charge in [0.05, 0.1) is 11.6 Å². The Balaban J connectivity index is 2.14. The van der Waals surface area contributed by atoms with Crippen LogP contribution in [0.1, 0.15) is 30.9 Å². The zero-order valence-electron chi connectivity index (χ0n) is 10.6. The first-order chi connectivity index (χ1) is 8.20. The van der Waals surface area contributed by atoms with Gasteiger partial charge in [-0.05, 0) is 62.9 Å². The first kappa shape index (κ1) is 12.7. The highest BCUT2D eigenvalue weighted by Gasteiger charge is 2.16. The quantitative estimate of drug-likeness (QED) is 0.889. The van der Waals surface area contributed by atoms with Crippen LogP contribution in [0.5, 0.6) is 5.75 Å². The van der Waals surface area contributed by atoms with Crippen molar-refractivity contribution in [3.05, 3.63) is 28.3 Å². The Morgan fingerprint density at radius 1 is 1.47 bits per heavy atom. The molecule has 1 aromatic rings. The van der Waals surface area contributed by atoms with E-state index in [1.165, 1.54) is 24.0 Å². The molecule has 2 rings (SSSR count). The molecule has 1 aliphatic rings. The van der Waals surface area contributed by atoms with Gasteiger partial charge in [0.2, 0.25) is 0 Å². The Hall–Kier alpha value is -0.730. The predicted molar refractivity (Wildman–Crippen MR) is 72.1 cm³/mol. The lowest BCUT2D eigenvalue weighted by molar-refractivity contribution is 0.340. The van der Waals surface area contributed by atoms with E-state index in [-0.39, 0.29) is 0 Å². The summed E-state index contributed by atoms with van der Waals surface area (Å²) in [7, 11) is 0. The van der Waals surface area contributed by atoms with Crippen LogP contribution in [0.3, 0.4) is 0 Å². The second kappa shape index (κ2) is 5.74. The summed E-state index contributed by atoms with van der Waals surface area (Å²) in [5.74, 6) is 0.801. The lowest BCUT2D eigenvalue weighted by Gasteiger charge is -2.15. The molecule has 1 heterocycles. The maximum atomic E-state index is 6.22. The first-order valence-electron chi connectivity index (χ1n) is 6.36. The van der Waals surface area contributed by atoms with Crippen molar-refractivity contribution in [1.82, 2.24) is 5.32 Å². The van der Waals surface area contributed by atoms with Crippen LogP contribution in [0.4, 0.5) is 0 Å². The van der Waals surface area contributed by atoms with Gasteiger partial charge in [-0.1, -0.05) is 11.6 Å². The van der Waals surface area contributed by atoms with E-state index >= 15 is 0 Å². The van der Waals surface area contributed by atoms with Crippen molar-refractivity contribution in [1.29, 1.82) is 0 Å².